The van der Waals surface area contributed by atoms with Crippen molar-refractivity contribution < 1.29 is 39.6 Å². The molecule has 3 aromatic heterocycles. The summed E-state index contributed by atoms with van der Waals surface area (Å²) < 4.78 is 117. The Morgan fingerprint density at radius 3 is 2.40 bits per heavy atom. The number of nitrogens with one attached hydrogen (secondary N) is 2. The zero-order valence-electron chi connectivity index (χ0n) is 30.1. The number of anilines is 1. The number of halogens is 8. The van der Waals surface area contributed by atoms with Crippen LogP contribution in [-0.2, 0) is 40.8 Å². The number of hydrogen-bond acceptors (Lipinski definition) is 7. The van der Waals surface area contributed by atoms with Crippen molar-refractivity contribution in [3.05, 3.63) is 107 Å². The van der Waals surface area contributed by atoms with Gasteiger partial charge in [-0.25, -0.2) is 8.42 Å². The van der Waals surface area contributed by atoms with E-state index in [1.54, 1.807) is 26.0 Å². The van der Waals surface area contributed by atoms with Gasteiger partial charge >= 0.3 is 256 Å². The quantitative estimate of drug-likeness (QED) is 0.0896. The normalized spacial score (nSPS) is 17.0. The summed E-state index contributed by atoms with van der Waals surface area (Å²) in [6.45, 7) is 2.44. The first-order valence-corrected chi connectivity index (χ1v) is 23.2. The molecule has 1 saturated heterocycles. The Kier molecular flexibility index (Phi) is 9.41. The van der Waals surface area contributed by atoms with Crippen molar-refractivity contribution in [2.75, 3.05) is 15.4 Å². The molecule has 0 saturated carbocycles. The maximum absolute atomic E-state index is 15.5. The predicted molar refractivity (Wildman–Crippen MR) is 208 cm³/mol. The molecule has 8 rings (SSSR count). The van der Waals surface area contributed by atoms with Gasteiger partial charge in [0.05, 0.1) is 11.3 Å². The predicted octanol–water partition coefficient (Wildman–Crippen LogP) is 6.59. The van der Waals surface area contributed by atoms with Crippen LogP contribution < -0.4 is 15.6 Å². The number of hydrogen-bond donors (Lipinski definition) is 2. The van der Waals surface area contributed by atoms with Gasteiger partial charge in [0.15, 0.2) is 5.82 Å². The van der Waals surface area contributed by atoms with Gasteiger partial charge in [-0.1, -0.05) is 17.7 Å². The third-order valence-corrected chi connectivity index (χ3v) is 16.9. The van der Waals surface area contributed by atoms with E-state index in [4.69, 9.17) is 16.6 Å². The molecule has 5 heterocycles. The molecule has 0 radical (unpaired) electrons. The Hall–Kier alpha value is -4.70. The number of sulfonamides is 1. The summed E-state index contributed by atoms with van der Waals surface area (Å²) in [5, 5.41) is 11.1. The molecule has 6 aromatic rings. The molecule has 0 aliphatic carbocycles. The van der Waals surface area contributed by atoms with Crippen LogP contribution in [0.2, 0.25) is 5.02 Å². The average Bonchev–Trinajstić information content (AvgIpc) is 3.64. The zero-order chi connectivity index (χ0) is 41.0. The molecule has 3 aromatic carbocycles. The van der Waals surface area contributed by atoms with Crippen molar-refractivity contribution in [1.82, 2.24) is 34.4 Å². The molecule has 21 heteroatoms. The standard InChI is InChI=1S/C36H30ClF6IN8O4S/c1-15-5-6-16(2)28-25(15)35(54)52(22-8-7-20(37)26-30(22)50(3)48-33(26)49-57(4,55)56)34(46-28)21(11-17-9-18(38)12-19(39)10-17)45-24(53)14-51-31-27(29(47-51)32(40)41)44-13-23(44)36(31,42)43/h5-10,12,21,23,32H,11,13-14H2,1-4H3,(H,45,53)(H,48,49)/t21?,23-/m1/s1. The molecule has 0 bridgehead atoms. The molecular formula is C36H30ClF6IN8O4S. The molecule has 0 spiro atoms. The van der Waals surface area contributed by atoms with Gasteiger partial charge in [-0.3, -0.25) is 4.72 Å². The summed E-state index contributed by atoms with van der Waals surface area (Å²) in [7, 11) is -2.41. The van der Waals surface area contributed by atoms with E-state index in [-0.39, 0.29) is 57.7 Å². The number of fused-ring (bicyclic) bond motifs is 5. The molecule has 300 valence electrons. The Bertz CT molecular complexity index is 2860. The number of aryl methyl sites for hydroxylation is 3. The fourth-order valence-electron chi connectivity index (χ4n) is 7.39. The Morgan fingerprint density at radius 2 is 1.74 bits per heavy atom. The van der Waals surface area contributed by atoms with E-state index in [1.807, 2.05) is 0 Å². The molecule has 2 aliphatic heterocycles. The van der Waals surface area contributed by atoms with Crippen LogP contribution in [-0.4, -0.2) is 58.0 Å². The van der Waals surface area contributed by atoms with Crippen molar-refractivity contribution in [1.29, 1.82) is 0 Å². The molecule has 12 nitrogen and oxygen atoms in total. The molecular weight excluding hydrogens is 917 g/mol. The summed E-state index contributed by atoms with van der Waals surface area (Å²) >= 11 is 4.00. The Morgan fingerprint density at radius 1 is 1.05 bits per heavy atom. The van der Waals surface area contributed by atoms with Gasteiger partial charge in [-0.15, -0.1) is 0 Å². The molecule has 2 N–H and O–H groups in total. The number of carbonyl (C=O) groups excluding carboxylic acids is 1. The molecule has 2 atom stereocenters. The summed E-state index contributed by atoms with van der Waals surface area (Å²) in [5.74, 6) is -6.73. The average molecular weight is 947 g/mol. The van der Waals surface area contributed by atoms with Crippen LogP contribution in [0.4, 0.5) is 32.2 Å². The fourth-order valence-corrected chi connectivity index (χ4v) is 15.2. The molecule has 2 aliphatic rings. The molecule has 1 amide bonds. The van der Waals surface area contributed by atoms with Crippen LogP contribution in [0.25, 0.3) is 27.5 Å². The maximum atomic E-state index is 15.5. The fraction of sp³-hybridized carbons (Fsp3) is 0.306. The van der Waals surface area contributed by atoms with Crippen LogP contribution in [0.15, 0.2) is 47.3 Å². The van der Waals surface area contributed by atoms with Crippen LogP contribution in [0.3, 0.4) is 0 Å². The van der Waals surface area contributed by atoms with E-state index in [0.29, 0.717) is 21.9 Å². The van der Waals surface area contributed by atoms with Crippen molar-refractivity contribution in [3.63, 3.8) is 0 Å². The van der Waals surface area contributed by atoms with Gasteiger partial charge in [0.1, 0.15) is 0 Å². The van der Waals surface area contributed by atoms with Gasteiger partial charge in [0.25, 0.3) is 0 Å². The summed E-state index contributed by atoms with van der Waals surface area (Å²) in [6.07, 6.45) is -2.66. The third-order valence-electron chi connectivity index (χ3n) is 9.80. The van der Waals surface area contributed by atoms with Gasteiger partial charge in [-0.2, -0.15) is 5.10 Å². The van der Waals surface area contributed by atoms with E-state index in [1.165, 1.54) is 23.9 Å². The van der Waals surface area contributed by atoms with Crippen LogP contribution >= 0.6 is 31.4 Å². The van der Waals surface area contributed by atoms with Crippen LogP contribution in [0.1, 0.15) is 46.4 Å². The van der Waals surface area contributed by atoms with Gasteiger partial charge in [0, 0.05) is 7.05 Å². The minimum atomic E-state index is -3.88. The number of alkyl halides is 6. The summed E-state index contributed by atoms with van der Waals surface area (Å²) in [6, 6.07) is 7.43. The monoisotopic (exact) mass is 946 g/mol. The van der Waals surface area contributed by atoms with Crippen molar-refractivity contribution in [2.24, 2.45) is 7.05 Å². The minimum absolute atomic E-state index is 0.000517. The van der Waals surface area contributed by atoms with Crippen LogP contribution in [0.5, 0.6) is 0 Å². The number of aromatic nitrogens is 6. The number of nitrogens with zero attached hydrogens (tertiary/aromatic N) is 6. The van der Waals surface area contributed by atoms with E-state index >= 15 is 8.78 Å². The topological polar surface area (TPSA) is 146 Å². The zero-order valence-corrected chi connectivity index (χ0v) is 33.9. The first-order chi connectivity index (χ1) is 26.7. The van der Waals surface area contributed by atoms with E-state index in [9.17, 15) is 35.6 Å². The number of benzene rings is 3. The van der Waals surface area contributed by atoms with Crippen molar-refractivity contribution >= 4 is 75.0 Å². The summed E-state index contributed by atoms with van der Waals surface area (Å²) in [5.41, 5.74) is -0.673. The van der Waals surface area contributed by atoms with Gasteiger partial charge < -0.3 is 0 Å². The Balaban J connectivity index is 1.34. The number of rotatable bonds is 10. The summed E-state index contributed by atoms with van der Waals surface area (Å²) in [4.78, 5) is 33.8. The van der Waals surface area contributed by atoms with E-state index in [0.717, 1.165) is 23.0 Å². The van der Waals surface area contributed by atoms with Crippen LogP contribution in [0, 0.1) is 29.1 Å². The van der Waals surface area contributed by atoms with E-state index in [2.05, 4.69) is 20.2 Å². The van der Waals surface area contributed by atoms with Gasteiger partial charge in [-0.05, 0) is 6.92 Å². The SMILES string of the molecule is Cc1ccc(C)c2c(=O)n(-c3ccc(Cl)c4c(NS(C)(=O)=O)nn(C)c34)c(C(Cc3cc(F)cc(F)c3)NC(=O)Cn3nc(C(F)F)c4c3C(F)(F)[C@H]3CI43)nc12. The van der Waals surface area contributed by atoms with E-state index < -0.39 is 99.6 Å². The molecule has 1 unspecified atom stereocenters. The molecule has 1 fully saturated rings. The first-order valence-electron chi connectivity index (χ1n) is 17.1. The van der Waals surface area contributed by atoms with Crippen molar-refractivity contribution in [3.8, 4) is 5.69 Å². The second-order valence-electron chi connectivity index (χ2n) is 13.9. The Labute approximate surface area is 331 Å². The molecule has 57 heavy (non-hydrogen) atoms. The van der Waals surface area contributed by atoms with Crippen molar-refractivity contribution in [2.45, 2.75) is 49.1 Å². The number of carbonyl (C=O) groups is 1. The second kappa shape index (κ2) is 13.7. The third kappa shape index (κ3) is 6.71. The first kappa shape index (κ1) is 39.1. The van der Waals surface area contributed by atoms with Gasteiger partial charge in [0.2, 0.25) is 10.0 Å². The number of amides is 1. The second-order valence-corrected chi connectivity index (χ2v) is 21.8.